The van der Waals surface area contributed by atoms with Gasteiger partial charge in [0.15, 0.2) is 5.58 Å². The molecular weight excluding hydrogens is 344 g/mol. The van der Waals surface area contributed by atoms with Crippen molar-refractivity contribution >= 4 is 39.0 Å². The average Bonchev–Trinajstić information content (AvgIpc) is 3.05. The van der Waals surface area contributed by atoms with E-state index in [1.54, 1.807) is 0 Å². The van der Waals surface area contributed by atoms with Crippen molar-refractivity contribution in [2.45, 2.75) is 39.8 Å². The molecule has 1 aromatic heterocycles. The van der Waals surface area contributed by atoms with Crippen LogP contribution in [0.25, 0.3) is 21.9 Å². The van der Waals surface area contributed by atoms with Gasteiger partial charge in [0.1, 0.15) is 5.58 Å². The number of anilines is 3. The Bertz CT molecular complexity index is 1170. The van der Waals surface area contributed by atoms with Crippen LogP contribution < -0.4 is 9.80 Å². The van der Waals surface area contributed by atoms with E-state index in [1.807, 2.05) is 6.07 Å². The molecule has 0 saturated carbocycles. The molecule has 1 atom stereocenters. The third-order valence-electron chi connectivity index (χ3n) is 5.92. The second kappa shape index (κ2) is 6.30. The summed E-state index contributed by atoms with van der Waals surface area (Å²) in [7, 11) is 0. The third-order valence-corrected chi connectivity index (χ3v) is 5.92. The Morgan fingerprint density at radius 1 is 0.893 bits per heavy atom. The summed E-state index contributed by atoms with van der Waals surface area (Å²) in [5.41, 5.74) is 6.92. The number of fused-ring (bicyclic) bond motifs is 4. The van der Waals surface area contributed by atoms with Crippen molar-refractivity contribution in [1.82, 2.24) is 0 Å². The first-order valence-electron chi connectivity index (χ1n) is 10.1. The predicted octanol–water partition coefficient (Wildman–Crippen LogP) is 6.65. The number of para-hydroxylation sites is 3. The van der Waals surface area contributed by atoms with Crippen LogP contribution in [-0.4, -0.2) is 18.6 Å². The van der Waals surface area contributed by atoms with Crippen LogP contribution in [0, 0.1) is 6.92 Å². The Morgan fingerprint density at radius 3 is 2.39 bits per heavy atom. The van der Waals surface area contributed by atoms with Crippen LogP contribution in [0.5, 0.6) is 0 Å². The van der Waals surface area contributed by atoms with Gasteiger partial charge >= 0.3 is 0 Å². The fourth-order valence-corrected chi connectivity index (χ4v) is 4.81. The van der Waals surface area contributed by atoms with E-state index < -0.39 is 0 Å². The molecule has 1 aliphatic rings. The van der Waals surface area contributed by atoms with Crippen molar-refractivity contribution in [3.8, 4) is 0 Å². The second-order valence-corrected chi connectivity index (χ2v) is 8.16. The predicted molar refractivity (Wildman–Crippen MR) is 119 cm³/mol. The summed E-state index contributed by atoms with van der Waals surface area (Å²) in [5.74, 6) is 0. The highest BCUT2D eigenvalue weighted by Crippen LogP contribution is 2.45. The monoisotopic (exact) mass is 370 g/mol. The SMILES string of the molecule is Cc1ccc2c(oc3ccccc32)c1N1C[C@H](C)N(C(C)C)c2ccccc21. The Hall–Kier alpha value is -2.94. The van der Waals surface area contributed by atoms with Gasteiger partial charge in [-0.05, 0) is 51.5 Å². The standard InChI is InChI=1S/C25H26N2O/c1-16(2)27-18(4)15-26(21-10-6-7-11-22(21)27)24-17(3)13-14-20-19-9-5-8-12-23(19)28-25(20)24/h5-14,16,18H,15H2,1-4H3/t18-/m0/s1. The molecule has 1 aliphatic heterocycles. The lowest BCUT2D eigenvalue weighted by Crippen LogP contribution is -2.49. The number of hydrogen-bond acceptors (Lipinski definition) is 3. The number of rotatable bonds is 2. The van der Waals surface area contributed by atoms with Crippen LogP contribution in [0.2, 0.25) is 0 Å². The maximum atomic E-state index is 6.39. The van der Waals surface area contributed by atoms with Crippen LogP contribution in [0.15, 0.2) is 65.1 Å². The Balaban J connectivity index is 1.78. The van der Waals surface area contributed by atoms with E-state index in [0.29, 0.717) is 12.1 Å². The molecule has 5 rings (SSSR count). The highest BCUT2D eigenvalue weighted by Gasteiger charge is 2.32. The molecule has 0 radical (unpaired) electrons. The van der Waals surface area contributed by atoms with Gasteiger partial charge < -0.3 is 14.2 Å². The number of furan rings is 1. The summed E-state index contributed by atoms with van der Waals surface area (Å²) in [5, 5.41) is 2.37. The average molecular weight is 370 g/mol. The van der Waals surface area contributed by atoms with Crippen LogP contribution in [0.1, 0.15) is 26.3 Å². The summed E-state index contributed by atoms with van der Waals surface area (Å²) in [6.07, 6.45) is 0. The first kappa shape index (κ1) is 17.2. The van der Waals surface area contributed by atoms with Crippen molar-refractivity contribution in [1.29, 1.82) is 0 Å². The van der Waals surface area contributed by atoms with E-state index in [-0.39, 0.29) is 0 Å². The molecule has 4 aromatic rings. The fraction of sp³-hybridized carbons (Fsp3) is 0.280. The molecular formula is C25H26N2O. The minimum Gasteiger partial charge on any atom is -0.454 e. The summed E-state index contributed by atoms with van der Waals surface area (Å²) < 4.78 is 6.39. The van der Waals surface area contributed by atoms with Gasteiger partial charge in [-0.3, -0.25) is 0 Å². The van der Waals surface area contributed by atoms with Crippen LogP contribution in [0.3, 0.4) is 0 Å². The molecule has 3 heteroatoms. The first-order chi connectivity index (χ1) is 13.6. The maximum absolute atomic E-state index is 6.39. The Morgan fingerprint density at radius 2 is 1.61 bits per heavy atom. The largest absolute Gasteiger partial charge is 0.454 e. The second-order valence-electron chi connectivity index (χ2n) is 8.16. The van der Waals surface area contributed by atoms with Crippen molar-refractivity contribution in [2.24, 2.45) is 0 Å². The highest BCUT2D eigenvalue weighted by molar-refractivity contribution is 6.10. The molecule has 0 spiro atoms. The third kappa shape index (κ3) is 2.42. The summed E-state index contributed by atoms with van der Waals surface area (Å²) in [6.45, 7) is 9.98. The van der Waals surface area contributed by atoms with Crippen LogP contribution in [0.4, 0.5) is 17.1 Å². The van der Waals surface area contributed by atoms with E-state index in [1.165, 1.54) is 33.4 Å². The molecule has 0 N–H and O–H groups in total. The molecule has 0 bridgehead atoms. The molecule has 3 nitrogen and oxygen atoms in total. The van der Waals surface area contributed by atoms with Crippen molar-refractivity contribution in [3.63, 3.8) is 0 Å². The lowest BCUT2D eigenvalue weighted by atomic mass is 10.0. The smallest absolute Gasteiger partial charge is 0.159 e. The Labute approximate surface area is 166 Å². The first-order valence-corrected chi connectivity index (χ1v) is 10.1. The normalized spacial score (nSPS) is 17.0. The number of hydrogen-bond donors (Lipinski definition) is 0. The van der Waals surface area contributed by atoms with Gasteiger partial charge in [0.05, 0.1) is 17.1 Å². The molecule has 142 valence electrons. The molecule has 0 saturated heterocycles. The Kier molecular flexibility index (Phi) is 3.87. The van der Waals surface area contributed by atoms with Crippen molar-refractivity contribution < 1.29 is 4.42 Å². The highest BCUT2D eigenvalue weighted by atomic mass is 16.3. The van der Waals surface area contributed by atoms with Gasteiger partial charge in [-0.15, -0.1) is 0 Å². The zero-order valence-corrected chi connectivity index (χ0v) is 16.9. The van der Waals surface area contributed by atoms with Gasteiger partial charge in [-0.25, -0.2) is 0 Å². The molecule has 0 unspecified atom stereocenters. The summed E-state index contributed by atoms with van der Waals surface area (Å²) in [4.78, 5) is 4.98. The molecule has 3 aromatic carbocycles. The zero-order valence-electron chi connectivity index (χ0n) is 16.9. The summed E-state index contributed by atoms with van der Waals surface area (Å²) >= 11 is 0. The molecule has 2 heterocycles. The topological polar surface area (TPSA) is 19.6 Å². The molecule has 0 amide bonds. The zero-order chi connectivity index (χ0) is 19.4. The van der Waals surface area contributed by atoms with E-state index >= 15 is 0 Å². The van der Waals surface area contributed by atoms with Gasteiger partial charge in [0.2, 0.25) is 0 Å². The molecule has 28 heavy (non-hydrogen) atoms. The van der Waals surface area contributed by atoms with E-state index in [2.05, 4.69) is 92.1 Å². The van der Waals surface area contributed by atoms with Crippen LogP contribution in [-0.2, 0) is 0 Å². The van der Waals surface area contributed by atoms with E-state index in [9.17, 15) is 0 Å². The molecule has 0 aliphatic carbocycles. The number of benzene rings is 3. The van der Waals surface area contributed by atoms with Gasteiger partial charge in [-0.2, -0.15) is 0 Å². The van der Waals surface area contributed by atoms with Crippen LogP contribution >= 0.6 is 0 Å². The minimum atomic E-state index is 0.411. The van der Waals surface area contributed by atoms with Gasteiger partial charge in [0.25, 0.3) is 0 Å². The van der Waals surface area contributed by atoms with Gasteiger partial charge in [0, 0.05) is 29.4 Å². The number of aryl methyl sites for hydroxylation is 1. The van der Waals surface area contributed by atoms with Gasteiger partial charge in [-0.1, -0.05) is 42.5 Å². The minimum absolute atomic E-state index is 0.411. The lowest BCUT2D eigenvalue weighted by molar-refractivity contribution is 0.559. The lowest BCUT2D eigenvalue weighted by Gasteiger charge is -2.45. The van der Waals surface area contributed by atoms with Crippen molar-refractivity contribution in [2.75, 3.05) is 16.3 Å². The summed E-state index contributed by atoms with van der Waals surface area (Å²) in [6, 6.07) is 22.4. The quantitative estimate of drug-likeness (QED) is 0.394. The van der Waals surface area contributed by atoms with E-state index in [0.717, 1.165) is 17.7 Å². The van der Waals surface area contributed by atoms with E-state index in [4.69, 9.17) is 4.42 Å². The molecule has 0 fully saturated rings. The number of nitrogens with zero attached hydrogens (tertiary/aromatic N) is 2. The fourth-order valence-electron chi connectivity index (χ4n) is 4.81. The maximum Gasteiger partial charge on any atom is 0.159 e. The van der Waals surface area contributed by atoms with Crippen molar-refractivity contribution in [3.05, 3.63) is 66.2 Å².